The minimum Gasteiger partial charge on any atom is -0.452 e. The van der Waals surface area contributed by atoms with Gasteiger partial charge in [-0.1, -0.05) is 35.9 Å². The van der Waals surface area contributed by atoms with Crippen molar-refractivity contribution < 1.29 is 18.7 Å². The van der Waals surface area contributed by atoms with Crippen LogP contribution in [-0.4, -0.2) is 28.3 Å². The predicted molar refractivity (Wildman–Crippen MR) is 103 cm³/mol. The van der Waals surface area contributed by atoms with Crippen molar-refractivity contribution in [3.63, 3.8) is 0 Å². The van der Waals surface area contributed by atoms with Crippen molar-refractivity contribution in [1.29, 1.82) is 0 Å². The van der Waals surface area contributed by atoms with Crippen molar-refractivity contribution in [3.05, 3.63) is 76.3 Å². The fourth-order valence-electron chi connectivity index (χ4n) is 2.54. The van der Waals surface area contributed by atoms with Gasteiger partial charge in [-0.05, 0) is 43.7 Å². The molecule has 3 aromatic rings. The maximum Gasteiger partial charge on any atom is 0.343 e. The summed E-state index contributed by atoms with van der Waals surface area (Å²) in [6.45, 7) is 2.70. The summed E-state index contributed by atoms with van der Waals surface area (Å²) in [5.74, 6) is -1.80. The van der Waals surface area contributed by atoms with Crippen LogP contribution in [0.1, 0.15) is 21.6 Å². The molecule has 0 aliphatic heterocycles. The molecule has 0 radical (unpaired) electrons. The van der Waals surface area contributed by atoms with Gasteiger partial charge >= 0.3 is 5.97 Å². The van der Waals surface area contributed by atoms with Crippen LogP contribution in [0.15, 0.2) is 48.5 Å². The van der Waals surface area contributed by atoms with Crippen LogP contribution in [0, 0.1) is 19.7 Å². The highest BCUT2D eigenvalue weighted by Gasteiger charge is 2.23. The molecule has 3 rings (SSSR count). The highest BCUT2D eigenvalue weighted by Crippen LogP contribution is 2.24. The van der Waals surface area contributed by atoms with Crippen LogP contribution in [0.3, 0.4) is 0 Å². The summed E-state index contributed by atoms with van der Waals surface area (Å²) in [6, 6.07) is 13.4. The number of benzene rings is 2. The first kappa shape index (κ1) is 19.6. The molecule has 0 spiro atoms. The predicted octanol–water partition coefficient (Wildman–Crippen LogP) is 4.08. The van der Waals surface area contributed by atoms with Gasteiger partial charge < -0.3 is 10.1 Å². The Kier molecular flexibility index (Phi) is 5.75. The van der Waals surface area contributed by atoms with Crippen LogP contribution in [0.4, 0.5) is 10.1 Å². The molecule has 1 aromatic heterocycles. The Bertz CT molecular complexity index is 1030. The van der Waals surface area contributed by atoms with Crippen LogP contribution >= 0.6 is 11.6 Å². The molecular formula is C20H17ClFN3O3. The fraction of sp³-hybridized carbons (Fsp3) is 0.150. The van der Waals surface area contributed by atoms with Gasteiger partial charge in [-0.2, -0.15) is 5.10 Å². The third kappa shape index (κ3) is 4.20. The summed E-state index contributed by atoms with van der Waals surface area (Å²) in [5.41, 5.74) is 1.88. The highest BCUT2D eigenvalue weighted by atomic mass is 35.5. The van der Waals surface area contributed by atoms with Gasteiger partial charge in [0.1, 0.15) is 16.5 Å². The van der Waals surface area contributed by atoms with E-state index in [-0.39, 0.29) is 16.4 Å². The van der Waals surface area contributed by atoms with Crippen LogP contribution in [0.2, 0.25) is 5.15 Å². The summed E-state index contributed by atoms with van der Waals surface area (Å²) in [7, 11) is 0. The topological polar surface area (TPSA) is 73.2 Å². The fourth-order valence-corrected chi connectivity index (χ4v) is 2.89. The highest BCUT2D eigenvalue weighted by molar-refractivity contribution is 6.33. The molecule has 6 nitrogen and oxygen atoms in total. The van der Waals surface area contributed by atoms with Gasteiger partial charge in [0.25, 0.3) is 5.91 Å². The molecule has 0 unspecified atom stereocenters. The van der Waals surface area contributed by atoms with E-state index in [1.54, 1.807) is 32.0 Å². The number of carbonyl (C=O) groups excluding carboxylic acids is 2. The first-order chi connectivity index (χ1) is 13.4. The molecule has 8 heteroatoms. The van der Waals surface area contributed by atoms with Gasteiger partial charge in [0.2, 0.25) is 0 Å². The third-order valence-corrected chi connectivity index (χ3v) is 4.35. The quantitative estimate of drug-likeness (QED) is 0.654. The normalized spacial score (nSPS) is 10.6. The zero-order valence-corrected chi connectivity index (χ0v) is 16.0. The SMILES string of the molecule is Cc1ccc(NC(=O)COC(=O)c2c(C)nn(-c3ccccc3)c2Cl)cc1F. The first-order valence-corrected chi connectivity index (χ1v) is 8.78. The number of para-hydroxylation sites is 1. The maximum absolute atomic E-state index is 13.5. The molecule has 2 aromatic carbocycles. The Labute approximate surface area is 165 Å². The molecule has 0 fully saturated rings. The van der Waals surface area contributed by atoms with Crippen molar-refractivity contribution >= 4 is 29.2 Å². The maximum atomic E-state index is 13.5. The number of halogens is 2. The van der Waals surface area contributed by atoms with E-state index in [2.05, 4.69) is 10.4 Å². The monoisotopic (exact) mass is 401 g/mol. The second kappa shape index (κ2) is 8.22. The van der Waals surface area contributed by atoms with Gasteiger partial charge in [-0.3, -0.25) is 4.79 Å². The molecule has 28 heavy (non-hydrogen) atoms. The number of nitrogens with one attached hydrogen (secondary N) is 1. The largest absolute Gasteiger partial charge is 0.452 e. The van der Waals surface area contributed by atoms with E-state index in [9.17, 15) is 14.0 Å². The Morgan fingerprint density at radius 2 is 1.89 bits per heavy atom. The summed E-state index contributed by atoms with van der Waals surface area (Å²) < 4.78 is 20.0. The van der Waals surface area contributed by atoms with E-state index in [4.69, 9.17) is 16.3 Å². The number of esters is 1. The second-order valence-electron chi connectivity index (χ2n) is 6.09. The third-order valence-electron chi connectivity index (χ3n) is 4.00. The Morgan fingerprint density at radius 1 is 1.18 bits per heavy atom. The summed E-state index contributed by atoms with van der Waals surface area (Å²) >= 11 is 6.29. The van der Waals surface area contributed by atoms with Crippen molar-refractivity contribution in [2.45, 2.75) is 13.8 Å². The molecule has 1 heterocycles. The van der Waals surface area contributed by atoms with Crippen LogP contribution in [0.5, 0.6) is 0 Å². The average Bonchev–Trinajstić information content (AvgIpc) is 2.98. The van der Waals surface area contributed by atoms with Crippen molar-refractivity contribution in [3.8, 4) is 5.69 Å². The van der Waals surface area contributed by atoms with Gasteiger partial charge in [0.15, 0.2) is 6.61 Å². The number of aromatic nitrogens is 2. The van der Waals surface area contributed by atoms with E-state index in [0.717, 1.165) is 0 Å². The molecule has 1 amide bonds. The molecule has 0 bridgehead atoms. The number of aryl methyl sites for hydroxylation is 2. The smallest absolute Gasteiger partial charge is 0.343 e. The van der Waals surface area contributed by atoms with Crippen LogP contribution in [0.25, 0.3) is 5.69 Å². The Balaban J connectivity index is 1.67. The molecule has 0 aliphatic carbocycles. The minimum absolute atomic E-state index is 0.0831. The molecule has 144 valence electrons. The zero-order chi connectivity index (χ0) is 20.3. The van der Waals surface area contributed by atoms with E-state index in [1.165, 1.54) is 16.8 Å². The van der Waals surface area contributed by atoms with E-state index >= 15 is 0 Å². The molecule has 0 atom stereocenters. The molecular weight excluding hydrogens is 385 g/mol. The second-order valence-corrected chi connectivity index (χ2v) is 6.44. The molecule has 0 aliphatic rings. The van der Waals surface area contributed by atoms with Gasteiger partial charge in [0.05, 0.1) is 11.4 Å². The number of hydrogen-bond donors (Lipinski definition) is 1. The van der Waals surface area contributed by atoms with Gasteiger partial charge in [-0.15, -0.1) is 0 Å². The van der Waals surface area contributed by atoms with Gasteiger partial charge in [0, 0.05) is 5.69 Å². The summed E-state index contributed by atoms with van der Waals surface area (Å²) in [4.78, 5) is 24.4. The van der Waals surface area contributed by atoms with Crippen LogP contribution < -0.4 is 5.32 Å². The van der Waals surface area contributed by atoms with Crippen molar-refractivity contribution in [2.75, 3.05) is 11.9 Å². The molecule has 1 N–H and O–H groups in total. The minimum atomic E-state index is -0.769. The number of hydrogen-bond acceptors (Lipinski definition) is 4. The van der Waals surface area contributed by atoms with Crippen LogP contribution in [-0.2, 0) is 9.53 Å². The lowest BCUT2D eigenvalue weighted by Gasteiger charge is -2.07. The number of amides is 1. The Hall–Kier alpha value is -3.19. The number of rotatable bonds is 5. The lowest BCUT2D eigenvalue weighted by atomic mass is 10.2. The lowest BCUT2D eigenvalue weighted by Crippen LogP contribution is -2.21. The summed E-state index contributed by atoms with van der Waals surface area (Å²) in [6.07, 6.45) is 0. The summed E-state index contributed by atoms with van der Waals surface area (Å²) in [5, 5.41) is 6.82. The van der Waals surface area contributed by atoms with Crippen molar-refractivity contribution in [1.82, 2.24) is 9.78 Å². The van der Waals surface area contributed by atoms with Gasteiger partial charge in [-0.25, -0.2) is 13.9 Å². The van der Waals surface area contributed by atoms with E-state index < -0.39 is 24.3 Å². The lowest BCUT2D eigenvalue weighted by molar-refractivity contribution is -0.119. The standard InChI is InChI=1S/C20H17ClFN3O3/c1-12-8-9-14(10-16(12)22)23-17(26)11-28-20(27)18-13(2)24-25(19(18)21)15-6-4-3-5-7-15/h3-10H,11H2,1-2H3,(H,23,26). The number of carbonyl (C=O) groups is 2. The number of anilines is 1. The number of ether oxygens (including phenoxy) is 1. The number of nitrogens with zero attached hydrogens (tertiary/aromatic N) is 2. The molecule has 0 saturated carbocycles. The van der Waals surface area contributed by atoms with E-state index in [1.807, 2.05) is 18.2 Å². The van der Waals surface area contributed by atoms with E-state index in [0.29, 0.717) is 16.9 Å². The van der Waals surface area contributed by atoms with Crippen molar-refractivity contribution in [2.24, 2.45) is 0 Å². The molecule has 0 saturated heterocycles. The Morgan fingerprint density at radius 3 is 2.57 bits per heavy atom. The zero-order valence-electron chi connectivity index (χ0n) is 15.2. The first-order valence-electron chi connectivity index (χ1n) is 8.40. The average molecular weight is 402 g/mol.